The van der Waals surface area contributed by atoms with Gasteiger partial charge in [-0.15, -0.1) is 0 Å². The second-order valence-corrected chi connectivity index (χ2v) is 18.7. The fourth-order valence-electron chi connectivity index (χ4n) is 11.4. The number of anilines is 1. The van der Waals surface area contributed by atoms with E-state index in [9.17, 15) is 35.4 Å². The van der Waals surface area contributed by atoms with Gasteiger partial charge in [-0.3, -0.25) is 4.79 Å². The number of rotatable bonds is 19. The number of fused-ring (bicyclic) bond motifs is 1. The minimum Gasteiger partial charge on any atom is -0.508 e. The largest absolute Gasteiger partial charge is 0.508 e. The van der Waals surface area contributed by atoms with Gasteiger partial charge in [0.25, 0.3) is 0 Å². The van der Waals surface area contributed by atoms with Gasteiger partial charge in [-0.05, 0) is 135 Å². The average molecular weight is 834 g/mol. The van der Waals surface area contributed by atoms with Crippen molar-refractivity contribution in [2.45, 2.75) is 127 Å². The van der Waals surface area contributed by atoms with Gasteiger partial charge in [0.15, 0.2) is 0 Å². The number of carboxylic acid groups (broad SMARTS) is 1. The maximum atomic E-state index is 13.0. The standard InChI is InChI=1S/C51H67N3O7/c1-2-3-6-11-32-16-17-35(46(57)23-32)14-9-5-10-15-43(50(59)60)49(58)36-18-19-45-37(22-33-20-21-53-47(52)24-33)25-39(51(45,61)31-36)28-40-29-44(34-12-7-4-8-13-34)48(54-40)38-26-41(55)30-42(56)27-38/h4,7-8,12-13,16-17,20-21,24,26-27,29-30,32,35-37,39,43,45-46,49,54-58,61H,2-3,5-6,9-11,14-15,18-19,22-23,25,28,31H2,1H3,(H2,52,53)(H,59,60)/t32-,35-,36+,37+,39-,43+,45-,46-,49-,51-/m1/s1. The predicted octanol–water partition coefficient (Wildman–Crippen LogP) is 9.45. The quantitative estimate of drug-likeness (QED) is 0.0336. The molecule has 2 saturated carbocycles. The molecule has 4 aromatic rings. The molecule has 10 heteroatoms. The van der Waals surface area contributed by atoms with E-state index in [1.165, 1.54) is 25.3 Å². The molecule has 9 N–H and O–H groups in total. The molecule has 328 valence electrons. The zero-order valence-electron chi connectivity index (χ0n) is 35.7. The second-order valence-electron chi connectivity index (χ2n) is 18.7. The van der Waals surface area contributed by atoms with Crippen molar-refractivity contribution in [2.75, 3.05) is 5.73 Å². The summed E-state index contributed by atoms with van der Waals surface area (Å²) < 4.78 is 0. The van der Waals surface area contributed by atoms with Crippen molar-refractivity contribution in [1.29, 1.82) is 0 Å². The number of nitrogens with two attached hydrogens (primary N) is 1. The number of hydrogen-bond acceptors (Lipinski definition) is 8. The van der Waals surface area contributed by atoms with Crippen LogP contribution in [0.4, 0.5) is 5.82 Å². The average Bonchev–Trinajstić information content (AvgIpc) is 3.77. The maximum absolute atomic E-state index is 13.0. The Morgan fingerprint density at radius 2 is 1.67 bits per heavy atom. The first-order valence-corrected chi connectivity index (χ1v) is 22.9. The lowest BCUT2D eigenvalue weighted by Gasteiger charge is -2.45. The molecule has 0 aliphatic heterocycles. The number of benzene rings is 2. The third-order valence-corrected chi connectivity index (χ3v) is 14.5. The number of H-pyrrole nitrogens is 1. The van der Waals surface area contributed by atoms with Gasteiger partial charge in [-0.2, -0.15) is 0 Å². The van der Waals surface area contributed by atoms with Gasteiger partial charge in [0, 0.05) is 35.0 Å². The molecule has 2 aromatic heterocycles. The number of aliphatic carboxylic acids is 1. The van der Waals surface area contributed by atoms with E-state index in [-0.39, 0.29) is 47.2 Å². The van der Waals surface area contributed by atoms with Crippen molar-refractivity contribution in [1.82, 2.24) is 9.97 Å². The Hall–Kier alpha value is -4.64. The molecule has 10 atom stereocenters. The lowest BCUT2D eigenvalue weighted by atomic mass is 9.64. The third kappa shape index (κ3) is 10.7. The molecule has 10 nitrogen and oxygen atoms in total. The van der Waals surface area contributed by atoms with Gasteiger partial charge in [0.05, 0.1) is 29.4 Å². The van der Waals surface area contributed by atoms with Gasteiger partial charge < -0.3 is 41.4 Å². The van der Waals surface area contributed by atoms with Gasteiger partial charge >= 0.3 is 5.97 Å². The summed E-state index contributed by atoms with van der Waals surface area (Å²) in [6, 6.07) is 20.4. The second kappa shape index (κ2) is 20.0. The number of carboxylic acids is 1. The maximum Gasteiger partial charge on any atom is 0.309 e. The van der Waals surface area contributed by atoms with Gasteiger partial charge in [0.2, 0.25) is 0 Å². The fraction of sp³-hybridized carbons (Fsp3) is 0.529. The van der Waals surface area contributed by atoms with Crippen LogP contribution >= 0.6 is 0 Å². The molecule has 0 amide bonds. The number of hydrogen-bond donors (Lipinski definition) is 8. The van der Waals surface area contributed by atoms with Crippen molar-refractivity contribution in [3.05, 3.63) is 96.3 Å². The molecule has 2 aromatic carbocycles. The van der Waals surface area contributed by atoms with Crippen molar-refractivity contribution in [3.8, 4) is 33.9 Å². The molecule has 0 spiro atoms. The number of unbranched alkanes of at least 4 members (excludes halogenated alkanes) is 4. The molecule has 61 heavy (non-hydrogen) atoms. The number of allylic oxidation sites excluding steroid dienone is 1. The van der Waals surface area contributed by atoms with Crippen LogP contribution in [0.2, 0.25) is 0 Å². The Labute approximate surface area is 361 Å². The molecule has 0 unspecified atom stereocenters. The summed E-state index contributed by atoms with van der Waals surface area (Å²) in [5, 5.41) is 67.0. The van der Waals surface area contributed by atoms with Crippen LogP contribution in [-0.2, 0) is 17.6 Å². The predicted molar refractivity (Wildman–Crippen MR) is 240 cm³/mol. The summed E-state index contributed by atoms with van der Waals surface area (Å²) in [6.45, 7) is 2.21. The Bertz CT molecular complexity index is 2060. The minimum absolute atomic E-state index is 0.0491. The third-order valence-electron chi connectivity index (χ3n) is 14.5. The van der Waals surface area contributed by atoms with Crippen LogP contribution in [0.5, 0.6) is 11.5 Å². The highest BCUT2D eigenvalue weighted by atomic mass is 16.4. The van der Waals surface area contributed by atoms with E-state index in [1.807, 2.05) is 42.5 Å². The summed E-state index contributed by atoms with van der Waals surface area (Å²) in [6.07, 6.45) is 17.6. The summed E-state index contributed by atoms with van der Waals surface area (Å²) in [5.41, 5.74) is 10.1. The van der Waals surface area contributed by atoms with Crippen LogP contribution in [0.15, 0.2) is 85.1 Å². The lowest BCUT2D eigenvalue weighted by Crippen LogP contribution is -2.50. The zero-order chi connectivity index (χ0) is 43.1. The number of pyridine rings is 1. The number of nitrogens with zero attached hydrogens (tertiary/aromatic N) is 1. The summed E-state index contributed by atoms with van der Waals surface area (Å²) in [4.78, 5) is 20.5. The Morgan fingerprint density at radius 3 is 2.39 bits per heavy atom. The van der Waals surface area contributed by atoms with Crippen molar-refractivity contribution in [3.63, 3.8) is 0 Å². The van der Waals surface area contributed by atoms with Crippen LogP contribution in [0.25, 0.3) is 22.4 Å². The Balaban J connectivity index is 1.06. The first kappa shape index (κ1) is 44.4. The highest BCUT2D eigenvalue weighted by molar-refractivity contribution is 5.83. The van der Waals surface area contributed by atoms with Crippen molar-refractivity contribution < 1.29 is 35.4 Å². The smallest absolute Gasteiger partial charge is 0.309 e. The van der Waals surface area contributed by atoms with E-state index in [1.54, 1.807) is 18.3 Å². The molecule has 0 saturated heterocycles. The fourth-order valence-corrected chi connectivity index (χ4v) is 11.4. The van der Waals surface area contributed by atoms with Crippen LogP contribution in [-0.4, -0.2) is 64.4 Å². The normalized spacial score (nSPS) is 27.1. The molecule has 3 aliphatic rings. The zero-order valence-corrected chi connectivity index (χ0v) is 35.7. The highest BCUT2D eigenvalue weighted by Gasteiger charge is 2.57. The van der Waals surface area contributed by atoms with E-state index in [2.05, 4.69) is 35.1 Å². The molecular weight excluding hydrogens is 767 g/mol. The van der Waals surface area contributed by atoms with Crippen LogP contribution in [0.1, 0.15) is 108 Å². The molecular formula is C51H67N3O7. The topological polar surface area (TPSA) is 193 Å². The van der Waals surface area contributed by atoms with Crippen molar-refractivity contribution in [2.24, 2.45) is 41.4 Å². The Morgan fingerprint density at radius 1 is 0.902 bits per heavy atom. The Kier molecular flexibility index (Phi) is 14.6. The number of nitrogen functional groups attached to an aromatic ring is 1. The van der Waals surface area contributed by atoms with Crippen molar-refractivity contribution >= 4 is 11.8 Å². The minimum atomic E-state index is -1.15. The molecule has 3 aliphatic carbocycles. The van der Waals surface area contributed by atoms with E-state index in [0.29, 0.717) is 55.8 Å². The number of phenols is 2. The first-order valence-electron chi connectivity index (χ1n) is 22.9. The van der Waals surface area contributed by atoms with Crippen LogP contribution < -0.4 is 5.73 Å². The number of aromatic nitrogens is 2. The summed E-state index contributed by atoms with van der Waals surface area (Å²) >= 11 is 0. The highest BCUT2D eigenvalue weighted by Crippen LogP contribution is 2.56. The van der Waals surface area contributed by atoms with E-state index in [0.717, 1.165) is 73.0 Å². The summed E-state index contributed by atoms with van der Waals surface area (Å²) in [5.74, 6) is -1.46. The van der Waals surface area contributed by atoms with Crippen LogP contribution in [0.3, 0.4) is 0 Å². The van der Waals surface area contributed by atoms with Crippen LogP contribution in [0, 0.1) is 41.4 Å². The van der Waals surface area contributed by atoms with E-state index < -0.39 is 23.6 Å². The summed E-state index contributed by atoms with van der Waals surface area (Å²) in [7, 11) is 0. The number of aliphatic hydroxyl groups excluding tert-OH is 2. The van der Waals surface area contributed by atoms with Gasteiger partial charge in [-0.1, -0.05) is 87.9 Å². The number of phenolic OH excluding ortho intramolecular Hbond substituents is 2. The molecule has 0 bridgehead atoms. The molecule has 2 heterocycles. The van der Waals surface area contributed by atoms with E-state index >= 15 is 0 Å². The molecule has 2 fully saturated rings. The van der Waals surface area contributed by atoms with Gasteiger partial charge in [0.1, 0.15) is 17.3 Å². The first-order chi connectivity index (χ1) is 29.4. The molecule has 7 rings (SSSR count). The monoisotopic (exact) mass is 833 g/mol. The number of aromatic hydroxyl groups is 2. The number of carbonyl (C=O) groups is 1. The number of aromatic amines is 1. The van der Waals surface area contributed by atoms with Gasteiger partial charge in [-0.25, -0.2) is 4.98 Å². The number of nitrogens with one attached hydrogen (secondary N) is 1. The SMILES string of the molecule is CCCCC[C@@H]1C=C[C@@H](CCCCC[C@H](C(=O)O)[C@H](O)[C@H]2CC[C@@H]3[C@@H](Cc4ccnc(N)c4)C[C@H](Cc4cc(-c5ccccc5)c(-c5cc(O)cc(O)c5)[nH]4)[C@]3(O)C2)[C@H](O)C1. The molecule has 0 radical (unpaired) electrons. The number of aliphatic hydroxyl groups is 3. The van der Waals surface area contributed by atoms with E-state index in [4.69, 9.17) is 5.73 Å². The lowest BCUT2D eigenvalue weighted by molar-refractivity contribution is -0.152.